The smallest absolute Gasteiger partial charge is 0.328 e. The maximum atomic E-state index is 10.5. The Labute approximate surface area is 118 Å². The van der Waals surface area contributed by atoms with Gasteiger partial charge in [-0.2, -0.15) is 5.26 Å². The van der Waals surface area contributed by atoms with Crippen LogP contribution < -0.4 is 4.90 Å². The molecule has 0 unspecified atom stereocenters. The van der Waals surface area contributed by atoms with Crippen molar-refractivity contribution in [1.82, 2.24) is 0 Å². The minimum Gasteiger partial charge on any atom is -0.478 e. The van der Waals surface area contributed by atoms with Gasteiger partial charge in [0.05, 0.1) is 17.9 Å². The maximum Gasteiger partial charge on any atom is 0.328 e. The Balaban J connectivity index is 3.03. The molecule has 5 nitrogen and oxygen atoms in total. The van der Waals surface area contributed by atoms with Crippen molar-refractivity contribution in [3.05, 3.63) is 35.4 Å². The van der Waals surface area contributed by atoms with Crippen LogP contribution in [-0.4, -0.2) is 37.9 Å². The minimum absolute atomic E-state index is 0.524. The molecule has 1 rings (SSSR count). The Hall–Kier alpha value is -2.32. The molecule has 20 heavy (non-hydrogen) atoms. The van der Waals surface area contributed by atoms with Crippen LogP contribution in [0, 0.1) is 11.3 Å². The zero-order chi connectivity index (χ0) is 15.0. The molecule has 0 aliphatic carbocycles. The number of carbonyl (C=O) groups is 1. The number of nitrogens with zero attached hydrogens (tertiary/aromatic N) is 2. The van der Waals surface area contributed by atoms with Crippen LogP contribution in [0.4, 0.5) is 5.69 Å². The second-order valence-electron chi connectivity index (χ2n) is 4.13. The van der Waals surface area contributed by atoms with E-state index in [-0.39, 0.29) is 0 Å². The van der Waals surface area contributed by atoms with Gasteiger partial charge in [-0.3, -0.25) is 0 Å². The van der Waals surface area contributed by atoms with Crippen LogP contribution >= 0.6 is 0 Å². The SMILES string of the molecule is CCN(CCOC)c1ccc(/C=C/C(=O)O)cc1C#N. The van der Waals surface area contributed by atoms with Gasteiger partial charge in [0.2, 0.25) is 0 Å². The van der Waals surface area contributed by atoms with Crippen LogP contribution in [0.15, 0.2) is 24.3 Å². The van der Waals surface area contributed by atoms with Crippen LogP contribution in [0.2, 0.25) is 0 Å². The number of rotatable bonds is 7. The highest BCUT2D eigenvalue weighted by atomic mass is 16.5. The largest absolute Gasteiger partial charge is 0.478 e. The Morgan fingerprint density at radius 1 is 1.55 bits per heavy atom. The zero-order valence-corrected chi connectivity index (χ0v) is 11.7. The van der Waals surface area contributed by atoms with Crippen LogP contribution in [0.3, 0.4) is 0 Å². The van der Waals surface area contributed by atoms with E-state index in [1.807, 2.05) is 17.9 Å². The van der Waals surface area contributed by atoms with E-state index >= 15 is 0 Å². The molecule has 0 heterocycles. The third-order valence-corrected chi connectivity index (χ3v) is 2.85. The third-order valence-electron chi connectivity index (χ3n) is 2.85. The maximum absolute atomic E-state index is 10.5. The number of hydrogen-bond donors (Lipinski definition) is 1. The fraction of sp³-hybridized carbons (Fsp3) is 0.333. The average molecular weight is 274 g/mol. The highest BCUT2D eigenvalue weighted by molar-refractivity contribution is 5.85. The van der Waals surface area contributed by atoms with E-state index in [1.165, 1.54) is 6.08 Å². The van der Waals surface area contributed by atoms with E-state index in [2.05, 4.69) is 6.07 Å². The molecule has 0 spiro atoms. The fourth-order valence-corrected chi connectivity index (χ4v) is 1.84. The van der Waals surface area contributed by atoms with Crippen LogP contribution in [0.5, 0.6) is 0 Å². The fourth-order valence-electron chi connectivity index (χ4n) is 1.84. The number of nitriles is 1. The molecule has 1 aromatic rings. The van der Waals surface area contributed by atoms with Crippen LogP contribution in [-0.2, 0) is 9.53 Å². The van der Waals surface area contributed by atoms with E-state index < -0.39 is 5.97 Å². The van der Waals surface area contributed by atoms with Gasteiger partial charge in [-0.25, -0.2) is 4.79 Å². The van der Waals surface area contributed by atoms with Gasteiger partial charge in [-0.05, 0) is 30.7 Å². The van der Waals surface area contributed by atoms with Crippen molar-refractivity contribution < 1.29 is 14.6 Å². The highest BCUT2D eigenvalue weighted by Crippen LogP contribution is 2.22. The Kier molecular flexibility index (Phi) is 6.27. The molecule has 0 saturated carbocycles. The van der Waals surface area contributed by atoms with Gasteiger partial charge in [-0.1, -0.05) is 6.07 Å². The summed E-state index contributed by atoms with van der Waals surface area (Å²) in [5.41, 5.74) is 2.05. The number of ether oxygens (including phenoxy) is 1. The standard InChI is InChI=1S/C15H18N2O3/c1-3-17(8-9-20-2)14-6-4-12(5-7-15(18)19)10-13(14)11-16/h4-7,10H,3,8-9H2,1-2H3,(H,18,19)/b7-5+. The summed E-state index contributed by atoms with van der Waals surface area (Å²) in [5.74, 6) is -1.01. The molecular formula is C15H18N2O3. The summed E-state index contributed by atoms with van der Waals surface area (Å²) in [6, 6.07) is 7.47. The molecule has 0 atom stereocenters. The number of carboxylic acids is 1. The molecule has 0 aliphatic rings. The van der Waals surface area contributed by atoms with Gasteiger partial charge in [0.1, 0.15) is 6.07 Å². The molecule has 1 N–H and O–H groups in total. The van der Waals surface area contributed by atoms with E-state index in [4.69, 9.17) is 9.84 Å². The highest BCUT2D eigenvalue weighted by Gasteiger charge is 2.09. The van der Waals surface area contributed by atoms with E-state index in [0.717, 1.165) is 18.3 Å². The van der Waals surface area contributed by atoms with Crippen LogP contribution in [0.1, 0.15) is 18.1 Å². The second-order valence-corrected chi connectivity index (χ2v) is 4.13. The zero-order valence-electron chi connectivity index (χ0n) is 11.7. The van der Waals surface area contributed by atoms with Crippen molar-refractivity contribution in [3.8, 4) is 6.07 Å². The minimum atomic E-state index is -1.01. The molecule has 1 aromatic carbocycles. The lowest BCUT2D eigenvalue weighted by Gasteiger charge is -2.23. The molecule has 0 aliphatic heterocycles. The summed E-state index contributed by atoms with van der Waals surface area (Å²) in [5, 5.41) is 17.8. The summed E-state index contributed by atoms with van der Waals surface area (Å²) >= 11 is 0. The molecule has 0 radical (unpaired) electrons. The van der Waals surface area contributed by atoms with Gasteiger partial charge in [0, 0.05) is 26.3 Å². The molecule has 0 saturated heterocycles. The molecule has 106 valence electrons. The Bertz CT molecular complexity index is 532. The lowest BCUT2D eigenvalue weighted by molar-refractivity contribution is -0.131. The Morgan fingerprint density at radius 3 is 2.85 bits per heavy atom. The summed E-state index contributed by atoms with van der Waals surface area (Å²) in [4.78, 5) is 12.5. The number of hydrogen-bond acceptors (Lipinski definition) is 4. The normalized spacial score (nSPS) is 10.4. The predicted octanol–water partition coefficient (Wildman–Crippen LogP) is 2.13. The predicted molar refractivity (Wildman–Crippen MR) is 77.6 cm³/mol. The molecule has 0 aromatic heterocycles. The van der Waals surface area contributed by atoms with Crippen molar-refractivity contribution in [2.24, 2.45) is 0 Å². The van der Waals surface area contributed by atoms with Crippen molar-refractivity contribution in [2.75, 3.05) is 31.7 Å². The van der Waals surface area contributed by atoms with Crippen LogP contribution in [0.25, 0.3) is 6.08 Å². The Morgan fingerprint density at radius 2 is 2.30 bits per heavy atom. The molecule has 5 heteroatoms. The number of carboxylic acid groups (broad SMARTS) is 1. The van der Waals surface area contributed by atoms with Gasteiger partial charge in [0.15, 0.2) is 0 Å². The van der Waals surface area contributed by atoms with Crippen molar-refractivity contribution in [2.45, 2.75) is 6.92 Å². The quantitative estimate of drug-likeness (QED) is 0.771. The van der Waals surface area contributed by atoms with E-state index in [1.54, 1.807) is 19.2 Å². The van der Waals surface area contributed by atoms with Crippen molar-refractivity contribution >= 4 is 17.7 Å². The van der Waals surface area contributed by atoms with Gasteiger partial charge >= 0.3 is 5.97 Å². The lowest BCUT2D eigenvalue weighted by atomic mass is 10.1. The summed E-state index contributed by atoms with van der Waals surface area (Å²) in [6.07, 6.45) is 2.52. The molecule has 0 amide bonds. The van der Waals surface area contributed by atoms with Gasteiger partial charge in [0.25, 0.3) is 0 Å². The first kappa shape index (κ1) is 15.7. The number of benzene rings is 1. The molecular weight excluding hydrogens is 256 g/mol. The summed E-state index contributed by atoms with van der Waals surface area (Å²) in [7, 11) is 1.64. The van der Waals surface area contributed by atoms with Gasteiger partial charge < -0.3 is 14.7 Å². The average Bonchev–Trinajstić information content (AvgIpc) is 2.46. The van der Waals surface area contributed by atoms with Crippen molar-refractivity contribution in [3.63, 3.8) is 0 Å². The van der Waals surface area contributed by atoms with E-state index in [9.17, 15) is 10.1 Å². The van der Waals surface area contributed by atoms with Gasteiger partial charge in [-0.15, -0.1) is 0 Å². The number of likely N-dealkylation sites (N-methyl/N-ethyl adjacent to an activating group) is 1. The third kappa shape index (κ3) is 4.41. The molecule has 0 fully saturated rings. The topological polar surface area (TPSA) is 73.6 Å². The van der Waals surface area contributed by atoms with Crippen molar-refractivity contribution in [1.29, 1.82) is 5.26 Å². The molecule has 0 bridgehead atoms. The first-order valence-corrected chi connectivity index (χ1v) is 6.31. The number of aliphatic carboxylic acids is 1. The lowest BCUT2D eigenvalue weighted by Crippen LogP contribution is -2.27. The second kappa shape index (κ2) is 7.97. The summed E-state index contributed by atoms with van der Waals surface area (Å²) in [6.45, 7) is 4.06. The monoisotopic (exact) mass is 274 g/mol. The number of anilines is 1. The first-order valence-electron chi connectivity index (χ1n) is 6.31. The van der Waals surface area contributed by atoms with E-state index in [0.29, 0.717) is 24.3 Å². The summed E-state index contributed by atoms with van der Waals surface area (Å²) < 4.78 is 5.06. The number of methoxy groups -OCH3 is 1. The first-order chi connectivity index (χ1) is 9.62.